The molecule has 0 spiro atoms. The van der Waals surface area contributed by atoms with Crippen LogP contribution in [0.25, 0.3) is 11.1 Å². The number of hydrogen-bond donors (Lipinski definition) is 1. The summed E-state index contributed by atoms with van der Waals surface area (Å²) in [7, 11) is 1.40. The SMILES string of the molecule is Cn1c(=O)oc2cc(C(O)C(F)(F)C(F)F)ccc21. The van der Waals surface area contributed by atoms with E-state index in [1.807, 2.05) is 0 Å². The standard InChI is InChI=1S/C11H9F4NO3/c1-16-6-3-2-5(4-7(6)19-10(16)18)8(17)11(14,15)9(12)13/h2-4,8-9,17H,1H3. The second-order valence-corrected chi connectivity index (χ2v) is 4.03. The maximum atomic E-state index is 13.0. The van der Waals surface area contributed by atoms with Crippen molar-refractivity contribution in [1.82, 2.24) is 4.57 Å². The summed E-state index contributed by atoms with van der Waals surface area (Å²) in [5, 5.41) is 9.30. The molecule has 0 amide bonds. The first-order valence-electron chi connectivity index (χ1n) is 5.18. The molecule has 1 aromatic heterocycles. The largest absolute Gasteiger partial charge is 0.419 e. The lowest BCUT2D eigenvalue weighted by Crippen LogP contribution is -2.34. The number of halogens is 4. The highest BCUT2D eigenvalue weighted by atomic mass is 19.3. The molecule has 0 saturated heterocycles. The first-order chi connectivity index (χ1) is 8.75. The van der Waals surface area contributed by atoms with Crippen LogP contribution in [0.5, 0.6) is 0 Å². The number of rotatable bonds is 3. The van der Waals surface area contributed by atoms with Crippen molar-refractivity contribution in [2.75, 3.05) is 0 Å². The molecule has 19 heavy (non-hydrogen) atoms. The van der Waals surface area contributed by atoms with Crippen LogP contribution in [0.4, 0.5) is 17.6 Å². The number of nitrogens with zero attached hydrogens (tertiary/aromatic N) is 1. The summed E-state index contributed by atoms with van der Waals surface area (Å²) < 4.78 is 56.2. The fraction of sp³-hybridized carbons (Fsp3) is 0.364. The van der Waals surface area contributed by atoms with Crippen LogP contribution in [0.1, 0.15) is 11.7 Å². The molecule has 0 fully saturated rings. The number of oxazole rings is 1. The van der Waals surface area contributed by atoms with E-state index in [1.165, 1.54) is 13.1 Å². The molecular formula is C11H9F4NO3. The molecule has 4 nitrogen and oxygen atoms in total. The third-order valence-electron chi connectivity index (χ3n) is 2.79. The zero-order valence-electron chi connectivity index (χ0n) is 9.61. The van der Waals surface area contributed by atoms with Gasteiger partial charge in [-0.1, -0.05) is 6.07 Å². The predicted octanol–water partition coefficient (Wildman–Crippen LogP) is 2.07. The summed E-state index contributed by atoms with van der Waals surface area (Å²) in [6.45, 7) is 0. The Morgan fingerprint density at radius 3 is 2.58 bits per heavy atom. The molecule has 1 atom stereocenters. The number of aliphatic hydroxyl groups is 1. The topological polar surface area (TPSA) is 55.4 Å². The van der Waals surface area contributed by atoms with E-state index in [0.29, 0.717) is 5.52 Å². The Morgan fingerprint density at radius 1 is 1.37 bits per heavy atom. The van der Waals surface area contributed by atoms with E-state index >= 15 is 0 Å². The highest BCUT2D eigenvalue weighted by molar-refractivity contribution is 5.73. The van der Waals surface area contributed by atoms with Crippen LogP contribution in [-0.4, -0.2) is 22.0 Å². The number of aryl methyl sites for hydroxylation is 1. The molecule has 0 saturated carbocycles. The van der Waals surface area contributed by atoms with Gasteiger partial charge in [-0.2, -0.15) is 8.78 Å². The van der Waals surface area contributed by atoms with E-state index in [2.05, 4.69) is 0 Å². The monoisotopic (exact) mass is 279 g/mol. The third kappa shape index (κ3) is 2.12. The number of fused-ring (bicyclic) bond motifs is 1. The Balaban J connectivity index is 2.50. The van der Waals surface area contributed by atoms with Gasteiger partial charge < -0.3 is 9.52 Å². The van der Waals surface area contributed by atoms with E-state index in [4.69, 9.17) is 4.42 Å². The lowest BCUT2D eigenvalue weighted by atomic mass is 10.0. The van der Waals surface area contributed by atoms with Crippen LogP contribution in [0.15, 0.2) is 27.4 Å². The summed E-state index contributed by atoms with van der Waals surface area (Å²) in [5.41, 5.74) is -0.206. The summed E-state index contributed by atoms with van der Waals surface area (Å²) in [5.74, 6) is -5.30. The minimum Gasteiger partial charge on any atom is -0.408 e. The van der Waals surface area contributed by atoms with Crippen LogP contribution < -0.4 is 5.76 Å². The van der Waals surface area contributed by atoms with Gasteiger partial charge in [0.1, 0.15) is 6.10 Å². The fourth-order valence-corrected chi connectivity index (χ4v) is 1.66. The Labute approximate surface area is 103 Å². The fourth-order valence-electron chi connectivity index (χ4n) is 1.66. The highest BCUT2D eigenvalue weighted by Crippen LogP contribution is 2.37. The first-order valence-corrected chi connectivity index (χ1v) is 5.18. The van der Waals surface area contributed by atoms with Crippen molar-refractivity contribution in [3.8, 4) is 0 Å². The molecule has 104 valence electrons. The molecule has 0 aliphatic rings. The minimum absolute atomic E-state index is 0.0610. The number of alkyl halides is 4. The number of hydrogen-bond acceptors (Lipinski definition) is 3. The molecule has 2 rings (SSSR count). The lowest BCUT2D eigenvalue weighted by molar-refractivity contribution is -0.193. The maximum Gasteiger partial charge on any atom is 0.419 e. The maximum absolute atomic E-state index is 13.0. The van der Waals surface area contributed by atoms with Crippen molar-refractivity contribution >= 4 is 11.1 Å². The molecule has 0 bridgehead atoms. The van der Waals surface area contributed by atoms with Crippen molar-refractivity contribution in [3.05, 3.63) is 34.3 Å². The average molecular weight is 279 g/mol. The van der Waals surface area contributed by atoms with Crippen molar-refractivity contribution in [2.24, 2.45) is 7.05 Å². The molecule has 8 heteroatoms. The molecule has 1 N–H and O–H groups in total. The van der Waals surface area contributed by atoms with Gasteiger partial charge in [-0.25, -0.2) is 13.6 Å². The van der Waals surface area contributed by atoms with Gasteiger partial charge in [-0.3, -0.25) is 4.57 Å². The number of aromatic nitrogens is 1. The van der Waals surface area contributed by atoms with Crippen LogP contribution in [0.3, 0.4) is 0 Å². The van der Waals surface area contributed by atoms with Gasteiger partial charge in [-0.05, 0) is 17.7 Å². The van der Waals surface area contributed by atoms with E-state index < -0.39 is 29.8 Å². The van der Waals surface area contributed by atoms with Gasteiger partial charge in [-0.15, -0.1) is 0 Å². The van der Waals surface area contributed by atoms with Crippen molar-refractivity contribution in [1.29, 1.82) is 0 Å². The Morgan fingerprint density at radius 2 is 2.00 bits per heavy atom. The second-order valence-electron chi connectivity index (χ2n) is 4.03. The van der Waals surface area contributed by atoms with Gasteiger partial charge >= 0.3 is 18.1 Å². The Hall–Kier alpha value is -1.83. The second kappa shape index (κ2) is 4.37. The summed E-state index contributed by atoms with van der Waals surface area (Å²) in [6.07, 6.45) is -6.68. The first kappa shape index (κ1) is 13.6. The quantitative estimate of drug-likeness (QED) is 0.875. The highest BCUT2D eigenvalue weighted by Gasteiger charge is 2.48. The van der Waals surface area contributed by atoms with Crippen LogP contribution in [0, 0.1) is 0 Å². The van der Waals surface area contributed by atoms with Crippen molar-refractivity contribution < 1.29 is 27.1 Å². The molecule has 0 aliphatic heterocycles. The van der Waals surface area contributed by atoms with Gasteiger partial charge in [0.05, 0.1) is 5.52 Å². The molecular weight excluding hydrogens is 270 g/mol. The van der Waals surface area contributed by atoms with Crippen LogP contribution in [0.2, 0.25) is 0 Å². The molecule has 2 aromatic rings. The predicted molar refractivity (Wildman–Crippen MR) is 57.4 cm³/mol. The summed E-state index contributed by atoms with van der Waals surface area (Å²) in [6, 6.07) is 3.22. The summed E-state index contributed by atoms with van der Waals surface area (Å²) in [4.78, 5) is 11.2. The Bertz CT molecular complexity index is 661. The molecule has 1 heterocycles. The van der Waals surface area contributed by atoms with E-state index in [1.54, 1.807) is 0 Å². The van der Waals surface area contributed by atoms with Crippen LogP contribution in [-0.2, 0) is 7.05 Å². The minimum atomic E-state index is -4.58. The van der Waals surface area contributed by atoms with Crippen LogP contribution >= 0.6 is 0 Å². The molecule has 1 unspecified atom stereocenters. The van der Waals surface area contributed by atoms with Gasteiger partial charge in [0, 0.05) is 7.05 Å². The molecule has 0 aliphatic carbocycles. The zero-order valence-corrected chi connectivity index (χ0v) is 9.61. The smallest absolute Gasteiger partial charge is 0.408 e. The molecule has 0 radical (unpaired) electrons. The normalized spacial score (nSPS) is 14.3. The number of aliphatic hydroxyl groups excluding tert-OH is 1. The molecule has 1 aromatic carbocycles. The average Bonchev–Trinajstić information content (AvgIpc) is 2.63. The lowest BCUT2D eigenvalue weighted by Gasteiger charge is -2.21. The Kier molecular flexibility index (Phi) is 3.13. The van der Waals surface area contributed by atoms with Gasteiger partial charge in [0.25, 0.3) is 0 Å². The number of benzene rings is 1. The van der Waals surface area contributed by atoms with Gasteiger partial charge in [0.15, 0.2) is 5.58 Å². The van der Waals surface area contributed by atoms with Crippen molar-refractivity contribution in [3.63, 3.8) is 0 Å². The third-order valence-corrected chi connectivity index (χ3v) is 2.79. The summed E-state index contributed by atoms with van der Waals surface area (Å²) >= 11 is 0. The van der Waals surface area contributed by atoms with Gasteiger partial charge in [0.2, 0.25) is 0 Å². The van der Waals surface area contributed by atoms with E-state index in [-0.39, 0.29) is 5.58 Å². The van der Waals surface area contributed by atoms with E-state index in [0.717, 1.165) is 16.7 Å². The van der Waals surface area contributed by atoms with Crippen molar-refractivity contribution in [2.45, 2.75) is 18.5 Å². The zero-order chi connectivity index (χ0) is 14.4. The van der Waals surface area contributed by atoms with E-state index in [9.17, 15) is 27.5 Å².